The van der Waals surface area contributed by atoms with Crippen LogP contribution in [0.3, 0.4) is 0 Å². The van der Waals surface area contributed by atoms with E-state index in [0.29, 0.717) is 28.0 Å². The number of benzene rings is 2. The Morgan fingerprint density at radius 3 is 2.44 bits per heavy atom. The van der Waals surface area contributed by atoms with Gasteiger partial charge in [0.05, 0.1) is 27.9 Å². The Hall–Kier alpha value is -2.98. The SMILES string of the molecule is CN1CCN(CCCOc2ccc(Nc3ncc(C(=O)Nc4c(Cl)cccc4Cl)cn3)cc2F)CC1. The number of carbonyl (C=O) groups is 1. The molecule has 0 spiro atoms. The molecule has 1 aliphatic heterocycles. The Morgan fingerprint density at radius 2 is 1.78 bits per heavy atom. The van der Waals surface area contributed by atoms with Crippen LogP contribution in [0.5, 0.6) is 5.75 Å². The Kier molecular flexibility index (Phi) is 8.93. The summed E-state index contributed by atoms with van der Waals surface area (Å²) >= 11 is 12.2. The van der Waals surface area contributed by atoms with Crippen LogP contribution in [0.25, 0.3) is 0 Å². The fraction of sp³-hybridized carbons (Fsp3) is 0.320. The maximum atomic E-state index is 14.5. The molecule has 4 rings (SSSR count). The molecule has 1 amide bonds. The molecule has 1 aromatic heterocycles. The molecule has 1 fully saturated rings. The molecule has 36 heavy (non-hydrogen) atoms. The van der Waals surface area contributed by atoms with E-state index in [1.54, 1.807) is 30.3 Å². The van der Waals surface area contributed by atoms with Gasteiger partial charge in [-0.1, -0.05) is 29.3 Å². The molecule has 0 bridgehead atoms. The van der Waals surface area contributed by atoms with E-state index in [1.165, 1.54) is 18.5 Å². The van der Waals surface area contributed by atoms with Crippen molar-refractivity contribution in [1.82, 2.24) is 19.8 Å². The Bertz CT molecular complexity index is 1170. The maximum Gasteiger partial charge on any atom is 0.258 e. The van der Waals surface area contributed by atoms with Gasteiger partial charge < -0.3 is 25.2 Å². The zero-order valence-electron chi connectivity index (χ0n) is 19.8. The van der Waals surface area contributed by atoms with Crippen molar-refractivity contribution in [2.45, 2.75) is 6.42 Å². The van der Waals surface area contributed by atoms with Crippen LogP contribution in [0, 0.1) is 5.82 Å². The minimum Gasteiger partial charge on any atom is -0.490 e. The zero-order chi connectivity index (χ0) is 25.5. The molecule has 0 saturated carbocycles. The van der Waals surface area contributed by atoms with Crippen molar-refractivity contribution in [3.63, 3.8) is 0 Å². The van der Waals surface area contributed by atoms with Gasteiger partial charge in [-0.3, -0.25) is 4.79 Å². The lowest BCUT2D eigenvalue weighted by Gasteiger charge is -2.32. The van der Waals surface area contributed by atoms with E-state index in [4.69, 9.17) is 27.9 Å². The smallest absolute Gasteiger partial charge is 0.258 e. The van der Waals surface area contributed by atoms with E-state index in [1.807, 2.05) is 0 Å². The summed E-state index contributed by atoms with van der Waals surface area (Å²) in [6, 6.07) is 9.50. The summed E-state index contributed by atoms with van der Waals surface area (Å²) in [5, 5.41) is 6.20. The van der Waals surface area contributed by atoms with E-state index < -0.39 is 11.7 Å². The van der Waals surface area contributed by atoms with E-state index in [0.717, 1.165) is 39.1 Å². The van der Waals surface area contributed by atoms with Crippen molar-refractivity contribution in [2.24, 2.45) is 0 Å². The molecule has 2 N–H and O–H groups in total. The second-order valence-corrected chi connectivity index (χ2v) is 9.28. The van der Waals surface area contributed by atoms with Crippen molar-refractivity contribution in [2.75, 3.05) is 57.0 Å². The first-order valence-electron chi connectivity index (χ1n) is 11.6. The van der Waals surface area contributed by atoms with Crippen molar-refractivity contribution < 1.29 is 13.9 Å². The molecule has 190 valence electrons. The summed E-state index contributed by atoms with van der Waals surface area (Å²) in [6.07, 6.45) is 3.53. The van der Waals surface area contributed by atoms with Crippen LogP contribution >= 0.6 is 23.2 Å². The highest BCUT2D eigenvalue weighted by atomic mass is 35.5. The van der Waals surface area contributed by atoms with E-state index >= 15 is 0 Å². The van der Waals surface area contributed by atoms with E-state index in [-0.39, 0.29) is 17.3 Å². The molecule has 11 heteroatoms. The molecular formula is C25H27Cl2FN6O2. The molecule has 0 radical (unpaired) electrons. The van der Waals surface area contributed by atoms with Crippen molar-refractivity contribution in [3.8, 4) is 5.75 Å². The molecule has 2 heterocycles. The minimum atomic E-state index is -0.479. The number of nitrogens with one attached hydrogen (secondary N) is 2. The second-order valence-electron chi connectivity index (χ2n) is 8.46. The number of hydrogen-bond donors (Lipinski definition) is 2. The summed E-state index contributed by atoms with van der Waals surface area (Å²) < 4.78 is 20.2. The van der Waals surface area contributed by atoms with Crippen LogP contribution in [-0.2, 0) is 0 Å². The zero-order valence-corrected chi connectivity index (χ0v) is 21.3. The number of carbonyl (C=O) groups excluding carboxylic acids is 1. The van der Waals surface area contributed by atoms with Gasteiger partial charge in [-0.2, -0.15) is 0 Å². The number of anilines is 3. The third-order valence-corrected chi connectivity index (χ3v) is 6.41. The monoisotopic (exact) mass is 532 g/mol. The van der Waals surface area contributed by atoms with Crippen LogP contribution in [0.4, 0.5) is 21.7 Å². The van der Waals surface area contributed by atoms with Gasteiger partial charge in [-0.15, -0.1) is 0 Å². The first-order valence-corrected chi connectivity index (χ1v) is 12.3. The lowest BCUT2D eigenvalue weighted by atomic mass is 10.2. The molecule has 0 atom stereocenters. The largest absolute Gasteiger partial charge is 0.490 e. The first kappa shape index (κ1) is 26.1. The molecule has 0 aliphatic carbocycles. The normalized spacial score (nSPS) is 14.4. The third kappa shape index (κ3) is 7.04. The highest BCUT2D eigenvalue weighted by molar-refractivity contribution is 6.40. The Morgan fingerprint density at radius 1 is 1.08 bits per heavy atom. The van der Waals surface area contributed by atoms with Gasteiger partial charge in [0.15, 0.2) is 11.6 Å². The maximum absolute atomic E-state index is 14.5. The van der Waals surface area contributed by atoms with Crippen molar-refractivity contribution in [1.29, 1.82) is 0 Å². The van der Waals surface area contributed by atoms with Gasteiger partial charge >= 0.3 is 0 Å². The summed E-state index contributed by atoms with van der Waals surface area (Å²) in [4.78, 5) is 25.5. The molecule has 8 nitrogen and oxygen atoms in total. The van der Waals surface area contributed by atoms with Crippen molar-refractivity contribution >= 4 is 46.4 Å². The number of amides is 1. The second kappa shape index (κ2) is 12.3. The van der Waals surface area contributed by atoms with Gasteiger partial charge in [0.25, 0.3) is 5.91 Å². The molecule has 1 aliphatic rings. The number of nitrogens with zero attached hydrogens (tertiary/aromatic N) is 4. The van der Waals surface area contributed by atoms with Crippen LogP contribution < -0.4 is 15.4 Å². The summed E-state index contributed by atoms with van der Waals surface area (Å²) in [6.45, 7) is 5.62. The average Bonchev–Trinajstić information content (AvgIpc) is 2.87. The van der Waals surface area contributed by atoms with Crippen LogP contribution in [0.15, 0.2) is 48.8 Å². The van der Waals surface area contributed by atoms with E-state index in [9.17, 15) is 9.18 Å². The lowest BCUT2D eigenvalue weighted by molar-refractivity contribution is 0.102. The highest BCUT2D eigenvalue weighted by Crippen LogP contribution is 2.30. The van der Waals surface area contributed by atoms with Gasteiger partial charge in [-0.05, 0) is 37.7 Å². The van der Waals surface area contributed by atoms with Gasteiger partial charge in [-0.25, -0.2) is 14.4 Å². The topological polar surface area (TPSA) is 82.6 Å². The van der Waals surface area contributed by atoms with Crippen LogP contribution in [-0.4, -0.2) is 72.1 Å². The highest BCUT2D eigenvalue weighted by Gasteiger charge is 2.14. The fourth-order valence-corrected chi connectivity index (χ4v) is 4.17. The number of aromatic nitrogens is 2. The lowest BCUT2D eigenvalue weighted by Crippen LogP contribution is -2.44. The quantitative estimate of drug-likeness (QED) is 0.378. The third-order valence-electron chi connectivity index (χ3n) is 5.78. The number of piperazine rings is 1. The number of halogens is 3. The average molecular weight is 533 g/mol. The Labute approximate surface area is 219 Å². The van der Waals surface area contributed by atoms with Crippen molar-refractivity contribution in [3.05, 3.63) is 70.2 Å². The summed E-state index contributed by atoms with van der Waals surface area (Å²) in [7, 11) is 2.13. The predicted molar refractivity (Wildman–Crippen MR) is 140 cm³/mol. The first-order chi connectivity index (χ1) is 17.4. The number of hydrogen-bond acceptors (Lipinski definition) is 7. The number of ether oxygens (including phenoxy) is 1. The summed E-state index contributed by atoms with van der Waals surface area (Å²) in [5.41, 5.74) is 0.977. The minimum absolute atomic E-state index is 0.199. The standard InChI is InChI=1S/C25H27Cl2FN6O2/c1-33-9-11-34(12-10-33)8-3-13-36-22-7-6-18(14-21(22)28)31-25-29-15-17(16-30-25)24(35)32-23-19(26)4-2-5-20(23)27/h2,4-7,14-16H,3,8-13H2,1H3,(H,32,35)(H,29,30,31). The number of likely N-dealkylation sites (N-methyl/N-ethyl adjacent to an activating group) is 1. The Balaban J connectivity index is 1.27. The van der Waals surface area contributed by atoms with E-state index in [2.05, 4.69) is 37.4 Å². The van der Waals surface area contributed by atoms with Crippen LogP contribution in [0.1, 0.15) is 16.8 Å². The van der Waals surface area contributed by atoms with Gasteiger partial charge in [0, 0.05) is 56.9 Å². The molecule has 2 aromatic carbocycles. The molecule has 3 aromatic rings. The predicted octanol–water partition coefficient (Wildman–Crippen LogP) is 4.93. The van der Waals surface area contributed by atoms with Crippen LogP contribution in [0.2, 0.25) is 10.0 Å². The number of rotatable bonds is 9. The number of para-hydroxylation sites is 1. The van der Waals surface area contributed by atoms with Gasteiger partial charge in [0.1, 0.15) is 0 Å². The van der Waals surface area contributed by atoms with Gasteiger partial charge in [0.2, 0.25) is 5.95 Å². The molecular weight excluding hydrogens is 506 g/mol. The fourth-order valence-electron chi connectivity index (χ4n) is 3.68. The molecule has 0 unspecified atom stereocenters. The molecule has 1 saturated heterocycles. The summed E-state index contributed by atoms with van der Waals surface area (Å²) in [5.74, 6) is -0.531.